The monoisotopic (exact) mass is 510 g/mol. The fraction of sp³-hybridized carbons (Fsp3) is 0.526. The maximum atomic E-state index is 12.5. The Balaban J connectivity index is 2.08. The molecule has 3 rings (SSSR count). The molecule has 0 N–H and O–H groups in total. The lowest BCUT2D eigenvalue weighted by atomic mass is 10.1. The summed E-state index contributed by atoms with van der Waals surface area (Å²) in [6, 6.07) is 0. The molecule has 1 aliphatic heterocycles. The summed E-state index contributed by atoms with van der Waals surface area (Å²) in [6.07, 6.45) is -3.94. The van der Waals surface area contributed by atoms with Crippen LogP contribution in [0.3, 0.4) is 0 Å². The number of methoxy groups -OCH3 is 2. The highest BCUT2D eigenvalue weighted by Crippen LogP contribution is 2.35. The molecule has 0 radical (unpaired) electrons. The van der Waals surface area contributed by atoms with E-state index in [0.717, 1.165) is 50.6 Å². The smallest absolute Gasteiger partial charge is 0.376 e. The number of esters is 5. The fourth-order valence-electron chi connectivity index (χ4n) is 3.27. The summed E-state index contributed by atoms with van der Waals surface area (Å²) in [5, 5.41) is 11.6. The Hall–Kier alpha value is -4.41. The SMILES string of the molecule is COC(=O)c1cn(-c2nc(C(=O)OC)n([C@@H]3O[C@H](COC(C)=O)[C@@H](OC(C)=O)[C@H]3OC(C)=O)n2)nn1. The molecule has 17 nitrogen and oxygen atoms in total. The molecule has 0 saturated carbocycles. The minimum Gasteiger partial charge on any atom is -0.464 e. The Labute approximate surface area is 202 Å². The third kappa shape index (κ3) is 5.62. The first-order valence-corrected chi connectivity index (χ1v) is 10.2. The Bertz CT molecular complexity index is 1170. The molecule has 2 aromatic heterocycles. The van der Waals surface area contributed by atoms with Crippen molar-refractivity contribution in [3.05, 3.63) is 17.7 Å². The molecule has 0 amide bonds. The number of hydrogen-bond donors (Lipinski definition) is 0. The van der Waals surface area contributed by atoms with Gasteiger partial charge in [0.2, 0.25) is 5.82 Å². The van der Waals surface area contributed by atoms with Crippen molar-refractivity contribution in [2.75, 3.05) is 20.8 Å². The summed E-state index contributed by atoms with van der Waals surface area (Å²) in [5.74, 6) is -4.54. The maximum Gasteiger partial charge on any atom is 0.376 e. The molecule has 1 fully saturated rings. The second-order valence-electron chi connectivity index (χ2n) is 7.23. The number of carbonyl (C=O) groups is 5. The van der Waals surface area contributed by atoms with E-state index in [4.69, 9.17) is 23.7 Å². The first kappa shape index (κ1) is 26.2. The zero-order chi connectivity index (χ0) is 26.6. The summed E-state index contributed by atoms with van der Waals surface area (Å²) in [4.78, 5) is 63.2. The predicted molar refractivity (Wildman–Crippen MR) is 109 cm³/mol. The van der Waals surface area contributed by atoms with Gasteiger partial charge in [0.1, 0.15) is 12.7 Å². The van der Waals surface area contributed by atoms with Gasteiger partial charge in [0.15, 0.2) is 24.1 Å². The number of hydrogen-bond acceptors (Lipinski definition) is 15. The van der Waals surface area contributed by atoms with Gasteiger partial charge < -0.3 is 28.4 Å². The van der Waals surface area contributed by atoms with Crippen LogP contribution < -0.4 is 0 Å². The largest absolute Gasteiger partial charge is 0.464 e. The average Bonchev–Trinajstić information content (AvgIpc) is 3.54. The minimum atomic E-state index is -1.39. The number of aromatic nitrogens is 6. The zero-order valence-electron chi connectivity index (χ0n) is 19.8. The number of nitrogens with zero attached hydrogens (tertiary/aromatic N) is 6. The van der Waals surface area contributed by atoms with Crippen LogP contribution in [0.1, 0.15) is 48.1 Å². The Morgan fingerprint density at radius 1 is 0.944 bits per heavy atom. The van der Waals surface area contributed by atoms with Crippen molar-refractivity contribution in [1.82, 2.24) is 29.8 Å². The molecule has 0 aromatic carbocycles. The first-order valence-electron chi connectivity index (χ1n) is 10.2. The van der Waals surface area contributed by atoms with Crippen molar-refractivity contribution in [3.63, 3.8) is 0 Å². The van der Waals surface area contributed by atoms with Crippen LogP contribution in [0, 0.1) is 0 Å². The van der Waals surface area contributed by atoms with Crippen molar-refractivity contribution in [3.8, 4) is 5.95 Å². The van der Waals surface area contributed by atoms with Gasteiger partial charge in [0.25, 0.3) is 5.95 Å². The van der Waals surface area contributed by atoms with Gasteiger partial charge >= 0.3 is 29.8 Å². The summed E-state index contributed by atoms with van der Waals surface area (Å²) >= 11 is 0. The van der Waals surface area contributed by atoms with E-state index >= 15 is 0 Å². The van der Waals surface area contributed by atoms with Crippen molar-refractivity contribution >= 4 is 29.8 Å². The van der Waals surface area contributed by atoms with E-state index in [-0.39, 0.29) is 18.2 Å². The first-order chi connectivity index (χ1) is 17.0. The summed E-state index contributed by atoms with van der Waals surface area (Å²) in [7, 11) is 2.25. The fourth-order valence-corrected chi connectivity index (χ4v) is 3.27. The molecule has 3 heterocycles. The Morgan fingerprint density at radius 3 is 2.17 bits per heavy atom. The summed E-state index contributed by atoms with van der Waals surface area (Å²) < 4.78 is 32.7. The van der Waals surface area contributed by atoms with E-state index in [0.29, 0.717) is 0 Å². The molecule has 0 bridgehead atoms. The molecule has 194 valence electrons. The van der Waals surface area contributed by atoms with Crippen molar-refractivity contribution < 1.29 is 52.4 Å². The highest BCUT2D eigenvalue weighted by molar-refractivity contribution is 5.87. The second-order valence-corrected chi connectivity index (χ2v) is 7.23. The topological polar surface area (TPSA) is 202 Å². The van der Waals surface area contributed by atoms with Crippen LogP contribution in [0.4, 0.5) is 0 Å². The quantitative estimate of drug-likeness (QED) is 0.301. The van der Waals surface area contributed by atoms with Crippen molar-refractivity contribution in [1.29, 1.82) is 0 Å². The molecule has 1 saturated heterocycles. The molecule has 2 aromatic rings. The Morgan fingerprint density at radius 2 is 1.58 bits per heavy atom. The molecule has 36 heavy (non-hydrogen) atoms. The van der Waals surface area contributed by atoms with Gasteiger partial charge in [0.05, 0.1) is 20.4 Å². The van der Waals surface area contributed by atoms with E-state index in [1.54, 1.807) is 0 Å². The predicted octanol–water partition coefficient (Wildman–Crippen LogP) is -1.24. The third-order valence-corrected chi connectivity index (χ3v) is 4.66. The van der Waals surface area contributed by atoms with Gasteiger partial charge in [-0.1, -0.05) is 5.21 Å². The van der Waals surface area contributed by atoms with Gasteiger partial charge in [-0.25, -0.2) is 14.3 Å². The molecule has 0 spiro atoms. The molecule has 1 aliphatic rings. The van der Waals surface area contributed by atoms with E-state index in [9.17, 15) is 24.0 Å². The molecular formula is C19H22N6O11. The van der Waals surface area contributed by atoms with Gasteiger partial charge in [-0.15, -0.1) is 10.2 Å². The minimum absolute atomic E-state index is 0.167. The van der Waals surface area contributed by atoms with Gasteiger partial charge in [-0.2, -0.15) is 9.67 Å². The van der Waals surface area contributed by atoms with Crippen molar-refractivity contribution in [2.45, 2.75) is 45.3 Å². The van der Waals surface area contributed by atoms with Crippen LogP contribution in [-0.2, 0) is 42.8 Å². The van der Waals surface area contributed by atoms with E-state index in [1.165, 1.54) is 0 Å². The highest BCUT2D eigenvalue weighted by atomic mass is 16.7. The molecule has 17 heteroatoms. The standard InChI is InChI=1S/C19H22N6O11/c1-8(26)33-7-12-13(34-9(2)27)14(35-10(3)28)16(36-12)25-15(18(30)32-5)20-19(22-25)24-6-11(21-23-24)17(29)31-4/h6,12-14,16H,7H2,1-5H3/t12-,13-,14-,16-/m1/s1. The lowest BCUT2D eigenvalue weighted by Crippen LogP contribution is -2.41. The van der Waals surface area contributed by atoms with E-state index < -0.39 is 60.2 Å². The number of ether oxygens (including phenoxy) is 6. The second kappa shape index (κ2) is 10.9. The molecule has 4 atom stereocenters. The van der Waals surface area contributed by atoms with Crippen LogP contribution in [0.25, 0.3) is 5.95 Å². The van der Waals surface area contributed by atoms with Gasteiger partial charge in [-0.3, -0.25) is 14.4 Å². The van der Waals surface area contributed by atoms with E-state index in [1.807, 2.05) is 0 Å². The third-order valence-electron chi connectivity index (χ3n) is 4.66. The summed E-state index contributed by atoms with van der Waals surface area (Å²) in [5.41, 5.74) is -0.167. The van der Waals surface area contributed by atoms with Crippen LogP contribution in [-0.4, -0.2) is 98.7 Å². The van der Waals surface area contributed by atoms with E-state index in [2.05, 4.69) is 25.1 Å². The number of carbonyl (C=O) groups excluding carboxylic acids is 5. The van der Waals surface area contributed by atoms with Gasteiger partial charge in [-0.05, 0) is 0 Å². The summed E-state index contributed by atoms with van der Waals surface area (Å²) in [6.45, 7) is 3.02. The van der Waals surface area contributed by atoms with Gasteiger partial charge in [0, 0.05) is 20.8 Å². The zero-order valence-corrected chi connectivity index (χ0v) is 19.8. The van der Waals surface area contributed by atoms with Crippen LogP contribution >= 0.6 is 0 Å². The molecular weight excluding hydrogens is 488 g/mol. The normalized spacial score (nSPS) is 20.9. The molecule has 0 aliphatic carbocycles. The lowest BCUT2D eigenvalue weighted by molar-refractivity contribution is -0.166. The van der Waals surface area contributed by atoms with Crippen molar-refractivity contribution in [2.24, 2.45) is 0 Å². The molecule has 0 unspecified atom stereocenters. The van der Waals surface area contributed by atoms with Crippen LogP contribution in [0.2, 0.25) is 0 Å². The van der Waals surface area contributed by atoms with Crippen LogP contribution in [0.15, 0.2) is 6.20 Å². The average molecular weight is 510 g/mol. The Kier molecular flexibility index (Phi) is 7.93. The highest BCUT2D eigenvalue weighted by Gasteiger charge is 2.52. The maximum absolute atomic E-state index is 12.5. The lowest BCUT2D eigenvalue weighted by Gasteiger charge is -2.23. The van der Waals surface area contributed by atoms with Crippen LogP contribution in [0.5, 0.6) is 0 Å². The number of rotatable bonds is 8.